The molecule has 0 bridgehead atoms. The van der Waals surface area contributed by atoms with E-state index >= 15 is 0 Å². The maximum absolute atomic E-state index is 14.3. The molecule has 2 rings (SSSR count). The highest BCUT2D eigenvalue weighted by Gasteiger charge is 2.31. The summed E-state index contributed by atoms with van der Waals surface area (Å²) in [6, 6.07) is 4.92. The average molecular weight is 452 g/mol. The zero-order chi connectivity index (χ0) is 23.4. The molecule has 0 radical (unpaired) electrons. The Hall–Kier alpha value is -2.41. The number of nitrogens with zero attached hydrogens (tertiary/aromatic N) is 2. The first-order chi connectivity index (χ1) is 14.3. The van der Waals surface area contributed by atoms with Crippen LogP contribution in [-0.2, 0) is 4.74 Å². The van der Waals surface area contributed by atoms with Gasteiger partial charge in [-0.2, -0.15) is 0 Å². The normalized spacial score (nSPS) is 13.6. The van der Waals surface area contributed by atoms with Crippen LogP contribution in [0.15, 0.2) is 24.4 Å². The van der Waals surface area contributed by atoms with Crippen molar-refractivity contribution in [3.05, 3.63) is 41.1 Å². The maximum atomic E-state index is 14.3. The molecule has 0 fully saturated rings. The van der Waals surface area contributed by atoms with Gasteiger partial charge in [-0.3, -0.25) is 0 Å². The van der Waals surface area contributed by atoms with Crippen LogP contribution in [0, 0.1) is 18.7 Å². The van der Waals surface area contributed by atoms with Crippen molar-refractivity contribution in [2.45, 2.75) is 66.0 Å². The van der Waals surface area contributed by atoms with Gasteiger partial charge in [0.25, 0.3) is 0 Å². The van der Waals surface area contributed by atoms with Crippen LogP contribution in [0.1, 0.15) is 53.7 Å². The van der Waals surface area contributed by atoms with E-state index < -0.39 is 23.1 Å². The third kappa shape index (κ3) is 7.35. The molecule has 2 heterocycles. The number of aromatic nitrogens is 2. The van der Waals surface area contributed by atoms with Gasteiger partial charge in [0.15, 0.2) is 11.0 Å². The molecule has 1 atom stereocenters. The van der Waals surface area contributed by atoms with Crippen LogP contribution in [0.2, 0.25) is 5.15 Å². The Morgan fingerprint density at radius 3 is 2.48 bits per heavy atom. The minimum atomic E-state index is -0.646. The van der Waals surface area contributed by atoms with E-state index in [9.17, 15) is 9.18 Å². The zero-order valence-corrected chi connectivity index (χ0v) is 19.9. The standard InChI is InChI=1S/C23H31ClFN3O3/c1-14(2)12-23(7,28-21(29)31-22(4,5)6)13-30-18-9-8-17(27-15(18)3)16-10-11-26-20(24)19(16)25/h8-11,14H,12-13H2,1-7H3,(H,28,29). The largest absolute Gasteiger partial charge is 0.489 e. The molecular formula is C23H31ClFN3O3. The summed E-state index contributed by atoms with van der Waals surface area (Å²) in [4.78, 5) is 20.5. The summed E-state index contributed by atoms with van der Waals surface area (Å²) in [5, 5.41) is 2.75. The number of carbonyl (C=O) groups is 1. The lowest BCUT2D eigenvalue weighted by Gasteiger charge is -2.33. The number of aryl methyl sites for hydroxylation is 1. The fourth-order valence-electron chi connectivity index (χ4n) is 3.30. The summed E-state index contributed by atoms with van der Waals surface area (Å²) in [7, 11) is 0. The molecule has 31 heavy (non-hydrogen) atoms. The Morgan fingerprint density at radius 1 is 1.23 bits per heavy atom. The molecule has 0 spiro atoms. The van der Waals surface area contributed by atoms with Crippen molar-refractivity contribution in [1.29, 1.82) is 0 Å². The van der Waals surface area contributed by atoms with Gasteiger partial charge in [-0.1, -0.05) is 25.4 Å². The second kappa shape index (κ2) is 9.81. The van der Waals surface area contributed by atoms with Gasteiger partial charge in [0.05, 0.1) is 16.9 Å². The first kappa shape index (κ1) is 24.9. The summed E-state index contributed by atoms with van der Waals surface area (Å²) < 4.78 is 25.7. The van der Waals surface area contributed by atoms with E-state index in [0.29, 0.717) is 29.5 Å². The van der Waals surface area contributed by atoms with Crippen LogP contribution in [0.3, 0.4) is 0 Å². The van der Waals surface area contributed by atoms with Crippen molar-refractivity contribution >= 4 is 17.7 Å². The fraction of sp³-hybridized carbons (Fsp3) is 0.522. The minimum Gasteiger partial charge on any atom is -0.489 e. The Morgan fingerprint density at radius 2 is 1.90 bits per heavy atom. The molecule has 6 nitrogen and oxygen atoms in total. The van der Waals surface area contributed by atoms with Gasteiger partial charge in [-0.25, -0.2) is 19.2 Å². The smallest absolute Gasteiger partial charge is 0.408 e. The summed E-state index contributed by atoms with van der Waals surface area (Å²) in [5.74, 6) is 0.255. The Balaban J connectivity index is 2.17. The number of halogens is 2. The second-order valence-corrected chi connectivity index (χ2v) is 9.68. The number of rotatable bonds is 7. The number of nitrogens with one attached hydrogen (secondary N) is 1. The van der Waals surface area contributed by atoms with Crippen molar-refractivity contribution in [2.24, 2.45) is 5.92 Å². The first-order valence-electron chi connectivity index (χ1n) is 10.2. The van der Waals surface area contributed by atoms with E-state index in [-0.39, 0.29) is 17.3 Å². The third-order valence-corrected chi connectivity index (χ3v) is 4.63. The molecule has 0 aliphatic carbocycles. The van der Waals surface area contributed by atoms with Gasteiger partial charge in [0.1, 0.15) is 18.0 Å². The highest BCUT2D eigenvalue weighted by atomic mass is 35.5. The zero-order valence-electron chi connectivity index (χ0n) is 19.2. The van der Waals surface area contributed by atoms with Crippen LogP contribution in [0.25, 0.3) is 11.3 Å². The molecular weight excluding hydrogens is 421 g/mol. The molecule has 0 aromatic carbocycles. The number of alkyl carbamates (subject to hydrolysis) is 1. The van der Waals surface area contributed by atoms with Crippen molar-refractivity contribution in [1.82, 2.24) is 15.3 Å². The number of carbonyl (C=O) groups excluding carboxylic acids is 1. The molecule has 1 amide bonds. The fourth-order valence-corrected chi connectivity index (χ4v) is 3.46. The van der Waals surface area contributed by atoms with Gasteiger partial charge in [0.2, 0.25) is 0 Å². The van der Waals surface area contributed by atoms with Crippen molar-refractivity contribution < 1.29 is 18.7 Å². The van der Waals surface area contributed by atoms with E-state index in [4.69, 9.17) is 21.1 Å². The molecule has 0 saturated carbocycles. The molecule has 170 valence electrons. The summed E-state index contributed by atoms with van der Waals surface area (Å²) in [6.07, 6.45) is 1.63. The average Bonchev–Trinajstić information content (AvgIpc) is 2.60. The van der Waals surface area contributed by atoms with Crippen LogP contribution >= 0.6 is 11.6 Å². The summed E-state index contributed by atoms with van der Waals surface area (Å²) in [6.45, 7) is 13.5. The van der Waals surface area contributed by atoms with E-state index in [1.807, 2.05) is 27.7 Å². The van der Waals surface area contributed by atoms with Gasteiger partial charge in [-0.15, -0.1) is 0 Å². The van der Waals surface area contributed by atoms with Crippen molar-refractivity contribution in [2.75, 3.05) is 6.61 Å². The van der Waals surface area contributed by atoms with E-state index in [0.717, 1.165) is 0 Å². The molecule has 1 N–H and O–H groups in total. The number of pyridine rings is 2. The topological polar surface area (TPSA) is 73.3 Å². The molecule has 2 aromatic heterocycles. The van der Waals surface area contributed by atoms with E-state index in [2.05, 4.69) is 29.1 Å². The van der Waals surface area contributed by atoms with Crippen molar-refractivity contribution in [3.63, 3.8) is 0 Å². The molecule has 0 aliphatic heterocycles. The lowest BCUT2D eigenvalue weighted by Crippen LogP contribution is -2.52. The van der Waals surface area contributed by atoms with Gasteiger partial charge in [0, 0.05) is 11.8 Å². The summed E-state index contributed by atoms with van der Waals surface area (Å²) in [5.41, 5.74) is 0.0562. The van der Waals surface area contributed by atoms with Gasteiger partial charge in [-0.05, 0) is 65.2 Å². The predicted molar refractivity (Wildman–Crippen MR) is 120 cm³/mol. The van der Waals surface area contributed by atoms with Crippen LogP contribution in [-0.4, -0.2) is 33.8 Å². The molecule has 2 aromatic rings. The number of hydrogen-bond donors (Lipinski definition) is 1. The van der Waals surface area contributed by atoms with Crippen molar-refractivity contribution in [3.8, 4) is 17.0 Å². The number of hydrogen-bond acceptors (Lipinski definition) is 5. The molecule has 8 heteroatoms. The number of ether oxygens (including phenoxy) is 2. The third-order valence-electron chi connectivity index (χ3n) is 4.37. The second-order valence-electron chi connectivity index (χ2n) is 9.32. The lowest BCUT2D eigenvalue weighted by molar-refractivity contribution is 0.0407. The van der Waals surface area contributed by atoms with Crippen LogP contribution in [0.5, 0.6) is 5.75 Å². The Labute approximate surface area is 188 Å². The molecule has 1 unspecified atom stereocenters. The highest BCUT2D eigenvalue weighted by molar-refractivity contribution is 6.29. The lowest BCUT2D eigenvalue weighted by atomic mass is 9.91. The Kier molecular flexibility index (Phi) is 7.87. The minimum absolute atomic E-state index is 0.199. The number of amides is 1. The van der Waals surface area contributed by atoms with Gasteiger partial charge >= 0.3 is 6.09 Å². The maximum Gasteiger partial charge on any atom is 0.408 e. The molecule has 0 aliphatic rings. The van der Waals surface area contributed by atoms with E-state index in [1.165, 1.54) is 12.3 Å². The van der Waals surface area contributed by atoms with Crippen LogP contribution in [0.4, 0.5) is 9.18 Å². The first-order valence-corrected chi connectivity index (χ1v) is 10.6. The SMILES string of the molecule is Cc1nc(-c2ccnc(Cl)c2F)ccc1OCC(C)(CC(C)C)NC(=O)OC(C)(C)C. The Bertz CT molecular complexity index is 931. The predicted octanol–water partition coefficient (Wildman–Crippen LogP) is 5.95. The van der Waals surface area contributed by atoms with Gasteiger partial charge < -0.3 is 14.8 Å². The van der Waals surface area contributed by atoms with E-state index in [1.54, 1.807) is 19.1 Å². The highest BCUT2D eigenvalue weighted by Crippen LogP contribution is 2.28. The molecule has 0 saturated heterocycles. The monoisotopic (exact) mass is 451 g/mol. The van der Waals surface area contributed by atoms with Crippen LogP contribution < -0.4 is 10.1 Å². The quantitative estimate of drug-likeness (QED) is 0.526. The summed E-state index contributed by atoms with van der Waals surface area (Å²) >= 11 is 5.77.